The Morgan fingerprint density at radius 2 is 2.00 bits per heavy atom. The van der Waals surface area contributed by atoms with Crippen LogP contribution in [0.15, 0.2) is 41.5 Å². The zero-order valence-corrected chi connectivity index (χ0v) is 22.9. The van der Waals surface area contributed by atoms with Gasteiger partial charge in [-0.25, -0.2) is 4.79 Å². The van der Waals surface area contributed by atoms with Gasteiger partial charge < -0.3 is 31.3 Å². The molecule has 0 radical (unpaired) electrons. The Morgan fingerprint density at radius 3 is 2.64 bits per heavy atom. The number of hydrogen-bond donors (Lipinski definition) is 4. The summed E-state index contributed by atoms with van der Waals surface area (Å²) >= 11 is 1.32. The number of methoxy groups -OCH3 is 1. The highest BCUT2D eigenvalue weighted by atomic mass is 32.1. The van der Waals surface area contributed by atoms with Crippen molar-refractivity contribution in [3.05, 3.63) is 53.1 Å². The molecule has 0 bridgehead atoms. The van der Waals surface area contributed by atoms with Crippen LogP contribution in [0.1, 0.15) is 45.5 Å². The third-order valence-corrected chi connectivity index (χ3v) is 8.08. The number of urea groups is 1. The maximum absolute atomic E-state index is 12.5. The second kappa shape index (κ2) is 11.7. The minimum atomic E-state index is -0.358. The van der Waals surface area contributed by atoms with E-state index < -0.39 is 0 Å². The monoisotopic (exact) mass is 552 g/mol. The number of rotatable bonds is 4. The van der Waals surface area contributed by atoms with Crippen molar-refractivity contribution in [1.82, 2.24) is 10.2 Å². The summed E-state index contributed by atoms with van der Waals surface area (Å²) in [4.78, 5) is 37.2. The number of amidine groups is 1. The van der Waals surface area contributed by atoms with Crippen molar-refractivity contribution in [3.63, 3.8) is 0 Å². The highest BCUT2D eigenvalue weighted by molar-refractivity contribution is 7.23. The first-order valence-corrected chi connectivity index (χ1v) is 13.2. The van der Waals surface area contributed by atoms with E-state index in [1.807, 2.05) is 18.2 Å². The first-order chi connectivity index (χ1) is 18.7. The first kappa shape index (κ1) is 27.9. The molecule has 39 heavy (non-hydrogen) atoms. The molecule has 1 spiro atoms. The number of nitrogens with zero attached hydrogens (tertiary/aromatic N) is 2. The number of aldehydes is 1. The molecule has 1 saturated heterocycles. The van der Waals surface area contributed by atoms with Gasteiger partial charge in [0.1, 0.15) is 27.9 Å². The smallest absolute Gasteiger partial charge is 0.319 e. The molecule has 2 amide bonds. The van der Waals surface area contributed by atoms with E-state index in [2.05, 4.69) is 27.7 Å². The number of ketones is 1. The Kier molecular flexibility index (Phi) is 8.36. The van der Waals surface area contributed by atoms with E-state index in [1.165, 1.54) is 18.4 Å². The molecule has 3 aromatic rings. The number of carbonyl (C=O) groups is 3. The molecule has 0 unspecified atom stereocenters. The predicted molar refractivity (Wildman–Crippen MR) is 152 cm³/mol. The lowest BCUT2D eigenvalue weighted by Crippen LogP contribution is -2.50. The first-order valence-electron chi connectivity index (χ1n) is 12.4. The van der Waals surface area contributed by atoms with Gasteiger partial charge in [-0.1, -0.05) is 12.1 Å². The molecule has 0 aliphatic carbocycles. The topological polar surface area (TPSA) is 161 Å². The van der Waals surface area contributed by atoms with Crippen LogP contribution in [-0.4, -0.2) is 68.7 Å². The number of Topliss-reactive ketones (excluding diaryl/α,β-unsaturated/α-hetero) is 1. The summed E-state index contributed by atoms with van der Waals surface area (Å²) in [5.74, 6) is 6.83. The second-order valence-electron chi connectivity index (χ2n) is 9.42. The van der Waals surface area contributed by atoms with Gasteiger partial charge in [-0.05, 0) is 31.3 Å². The lowest BCUT2D eigenvalue weighted by atomic mass is 9.82. The number of fused-ring (bicyclic) bond motifs is 2. The van der Waals surface area contributed by atoms with Crippen LogP contribution < -0.4 is 31.7 Å². The SMILES string of the molecule is CN1CCC2(CC1)CC(=O)c1cc(/C(N)=N/N)ccc1O2.CNC(=O)Nc1sc2c(OC)cccc2c1C=O. The van der Waals surface area contributed by atoms with E-state index in [9.17, 15) is 14.4 Å². The van der Waals surface area contributed by atoms with Gasteiger partial charge in [-0.2, -0.15) is 5.10 Å². The fraction of sp³-hybridized carbons (Fsp3) is 0.333. The summed E-state index contributed by atoms with van der Waals surface area (Å²) in [6.45, 7) is 1.90. The van der Waals surface area contributed by atoms with E-state index in [0.29, 0.717) is 39.6 Å². The fourth-order valence-corrected chi connectivity index (χ4v) is 5.84. The maximum atomic E-state index is 12.5. The minimum Gasteiger partial charge on any atom is -0.495 e. The standard InChI is InChI=1S/C15H20N4O2.C12H12N2O3S/c1-19-6-4-15(5-7-19)9-12(20)11-8-10(14(16)18-17)2-3-13(11)21-15;1-13-12(16)14-11-8(6-15)7-4-3-5-9(17-2)10(7)18-11/h2-3,8H,4-7,9,17H2,1H3,(H2,16,18);3-6H,1-2H3,(H2,13,14,16). The average Bonchev–Trinajstić information content (AvgIpc) is 3.31. The van der Waals surface area contributed by atoms with Crippen LogP contribution in [0.3, 0.4) is 0 Å². The van der Waals surface area contributed by atoms with Gasteiger partial charge in [0.15, 0.2) is 12.1 Å². The van der Waals surface area contributed by atoms with Crippen LogP contribution in [0.5, 0.6) is 11.5 Å². The summed E-state index contributed by atoms with van der Waals surface area (Å²) in [6, 6.07) is 10.4. The summed E-state index contributed by atoms with van der Waals surface area (Å²) in [7, 11) is 5.18. The fourth-order valence-electron chi connectivity index (χ4n) is 4.68. The molecule has 206 valence electrons. The highest BCUT2D eigenvalue weighted by Crippen LogP contribution is 2.40. The lowest BCUT2D eigenvalue weighted by Gasteiger charge is -2.43. The number of anilines is 1. The maximum Gasteiger partial charge on any atom is 0.319 e. The van der Waals surface area contributed by atoms with Crippen LogP contribution in [0.4, 0.5) is 9.80 Å². The number of carbonyl (C=O) groups excluding carboxylic acids is 3. The molecule has 11 nitrogen and oxygen atoms in total. The Morgan fingerprint density at radius 1 is 1.26 bits per heavy atom. The predicted octanol–water partition coefficient (Wildman–Crippen LogP) is 3.17. The highest BCUT2D eigenvalue weighted by Gasteiger charge is 2.42. The van der Waals surface area contributed by atoms with Gasteiger partial charge in [-0.3, -0.25) is 14.9 Å². The third-order valence-electron chi connectivity index (χ3n) is 6.93. The van der Waals surface area contributed by atoms with Crippen LogP contribution in [0.2, 0.25) is 0 Å². The molecule has 1 fully saturated rings. The molecule has 2 aliphatic heterocycles. The lowest BCUT2D eigenvalue weighted by molar-refractivity contribution is -0.00368. The van der Waals surface area contributed by atoms with Crippen molar-refractivity contribution in [2.75, 3.05) is 39.6 Å². The molecular weight excluding hydrogens is 520 g/mol. The van der Waals surface area contributed by atoms with E-state index in [1.54, 1.807) is 25.3 Å². The molecule has 2 aliphatic rings. The van der Waals surface area contributed by atoms with E-state index in [4.69, 9.17) is 21.1 Å². The Labute approximate surface area is 230 Å². The van der Waals surface area contributed by atoms with Crippen LogP contribution in [0, 0.1) is 0 Å². The van der Waals surface area contributed by atoms with E-state index in [0.717, 1.165) is 42.3 Å². The molecule has 0 saturated carbocycles. The Balaban J connectivity index is 0.000000183. The van der Waals surface area contributed by atoms with Crippen molar-refractivity contribution in [1.29, 1.82) is 0 Å². The van der Waals surface area contributed by atoms with Gasteiger partial charge in [0.25, 0.3) is 0 Å². The van der Waals surface area contributed by atoms with Gasteiger partial charge in [-0.15, -0.1) is 11.3 Å². The number of nitrogens with two attached hydrogens (primary N) is 2. The van der Waals surface area contributed by atoms with Gasteiger partial charge in [0.2, 0.25) is 0 Å². The quantitative estimate of drug-likeness (QED) is 0.126. The zero-order chi connectivity index (χ0) is 28.2. The third kappa shape index (κ3) is 5.81. The number of piperidine rings is 1. The van der Waals surface area contributed by atoms with Crippen molar-refractivity contribution in [2.45, 2.75) is 24.9 Å². The molecule has 12 heteroatoms. The summed E-state index contributed by atoms with van der Waals surface area (Å²) < 4.78 is 12.3. The van der Waals surface area contributed by atoms with Crippen molar-refractivity contribution in [2.24, 2.45) is 16.7 Å². The van der Waals surface area contributed by atoms with Crippen molar-refractivity contribution >= 4 is 50.4 Å². The molecule has 6 N–H and O–H groups in total. The number of nitrogens with one attached hydrogen (secondary N) is 2. The number of hydrogen-bond acceptors (Lipinski definition) is 9. The molecule has 3 heterocycles. The molecule has 5 rings (SSSR count). The number of ether oxygens (including phenoxy) is 2. The summed E-state index contributed by atoms with van der Waals surface area (Å²) in [6.07, 6.45) is 2.92. The second-order valence-corrected chi connectivity index (χ2v) is 10.4. The summed E-state index contributed by atoms with van der Waals surface area (Å²) in [5, 5.41) is 9.84. The Bertz CT molecular complexity index is 1430. The molecule has 0 atom stereocenters. The van der Waals surface area contributed by atoms with Crippen LogP contribution in [-0.2, 0) is 0 Å². The zero-order valence-electron chi connectivity index (χ0n) is 22.1. The number of likely N-dealkylation sites (tertiary alicyclic amines) is 1. The van der Waals surface area contributed by atoms with E-state index >= 15 is 0 Å². The van der Waals surface area contributed by atoms with Crippen LogP contribution in [0.25, 0.3) is 10.1 Å². The number of thiophene rings is 1. The van der Waals surface area contributed by atoms with Crippen LogP contribution >= 0.6 is 11.3 Å². The van der Waals surface area contributed by atoms with Crippen molar-refractivity contribution < 1.29 is 23.9 Å². The number of amides is 2. The summed E-state index contributed by atoms with van der Waals surface area (Å²) in [5.41, 5.74) is 7.04. The normalized spacial score (nSPS) is 16.5. The Hall–Kier alpha value is -4.16. The van der Waals surface area contributed by atoms with Gasteiger partial charge >= 0.3 is 6.03 Å². The average molecular weight is 553 g/mol. The molecule has 2 aromatic carbocycles. The van der Waals surface area contributed by atoms with Gasteiger partial charge in [0.05, 0.1) is 29.4 Å². The van der Waals surface area contributed by atoms with E-state index in [-0.39, 0.29) is 23.3 Å². The number of benzene rings is 2. The molecule has 1 aromatic heterocycles. The van der Waals surface area contributed by atoms with Gasteiger partial charge in [0, 0.05) is 43.9 Å². The largest absolute Gasteiger partial charge is 0.495 e. The van der Waals surface area contributed by atoms with Crippen molar-refractivity contribution in [3.8, 4) is 11.5 Å². The minimum absolute atomic E-state index is 0.104. The number of hydrazone groups is 1. The molecular formula is C27H32N6O5S.